The molecular formula is C3H7N3O. The molecule has 0 aliphatic carbocycles. The second-order valence-electron chi connectivity index (χ2n) is 1.46. The van der Waals surface area contributed by atoms with Gasteiger partial charge in [0, 0.05) is 13.1 Å². The summed E-state index contributed by atoms with van der Waals surface area (Å²) in [6, 6.07) is -0.475. The summed E-state index contributed by atoms with van der Waals surface area (Å²) in [4.78, 5) is 9.92. The first-order valence-electron chi connectivity index (χ1n) is 2.10. The third-order valence-corrected chi connectivity index (χ3v) is 0.716. The highest BCUT2D eigenvalue weighted by Crippen LogP contribution is 1.94. The molecule has 1 rings (SSSR count). The predicted molar refractivity (Wildman–Crippen MR) is 24.3 cm³/mol. The fourth-order valence-electron chi connectivity index (χ4n) is 0.318. The second-order valence-corrected chi connectivity index (χ2v) is 1.46. The van der Waals surface area contributed by atoms with E-state index in [1.165, 1.54) is 0 Å². The summed E-state index contributed by atoms with van der Waals surface area (Å²) in [7, 11) is 0. The normalized spacial score (nSPS) is 18.9. The molecule has 0 aromatic rings. The zero-order valence-electron chi connectivity index (χ0n) is 3.85. The molecule has 40 valence electrons. The summed E-state index contributed by atoms with van der Waals surface area (Å²) in [5.74, 6) is 0. The van der Waals surface area contributed by atoms with Crippen LogP contribution >= 0.6 is 0 Å². The van der Waals surface area contributed by atoms with Gasteiger partial charge in [0.05, 0.1) is 0 Å². The summed E-state index contributed by atoms with van der Waals surface area (Å²) in [5.41, 5.74) is 7.13. The molecule has 0 aromatic carbocycles. The Morgan fingerprint density at radius 3 is 2.43 bits per heavy atom. The number of rotatable bonds is 1. The number of nitrogens with two attached hydrogens (primary N) is 1. The van der Waals surface area contributed by atoms with Gasteiger partial charge in [-0.1, -0.05) is 0 Å². The zero-order valence-corrected chi connectivity index (χ0v) is 3.85. The highest BCUT2D eigenvalue weighted by molar-refractivity contribution is 5.71. The zero-order chi connectivity index (χ0) is 5.28. The number of nitrogens with one attached hydrogen (secondary N) is 1. The van der Waals surface area contributed by atoms with Crippen molar-refractivity contribution in [1.29, 1.82) is 0 Å². The molecular weight excluding hydrogens is 94.1 g/mol. The Kier molecular flexibility index (Phi) is 0.867. The lowest BCUT2D eigenvalue weighted by Crippen LogP contribution is -2.33. The van der Waals surface area contributed by atoms with Crippen LogP contribution in [0.2, 0.25) is 0 Å². The Labute approximate surface area is 41.2 Å². The SMILES string of the molecule is NC(=O)NN1CC1. The van der Waals surface area contributed by atoms with Gasteiger partial charge < -0.3 is 5.73 Å². The number of hydrogen-bond acceptors (Lipinski definition) is 2. The molecule has 1 fully saturated rings. The van der Waals surface area contributed by atoms with Crippen molar-refractivity contribution in [2.45, 2.75) is 0 Å². The van der Waals surface area contributed by atoms with Gasteiger partial charge in [0.2, 0.25) is 0 Å². The predicted octanol–water partition coefficient (Wildman–Crippen LogP) is -1.11. The van der Waals surface area contributed by atoms with Gasteiger partial charge in [-0.25, -0.2) is 9.80 Å². The third kappa shape index (κ3) is 1.41. The molecule has 7 heavy (non-hydrogen) atoms. The third-order valence-electron chi connectivity index (χ3n) is 0.716. The fourth-order valence-corrected chi connectivity index (χ4v) is 0.318. The molecule has 1 saturated heterocycles. The van der Waals surface area contributed by atoms with Gasteiger partial charge in [0.1, 0.15) is 0 Å². The topological polar surface area (TPSA) is 58.1 Å². The summed E-state index contributed by atoms with van der Waals surface area (Å²) in [6.45, 7) is 1.87. The van der Waals surface area contributed by atoms with Crippen LogP contribution in [0.5, 0.6) is 0 Å². The van der Waals surface area contributed by atoms with E-state index in [0.29, 0.717) is 0 Å². The van der Waals surface area contributed by atoms with E-state index < -0.39 is 6.03 Å². The Bertz CT molecular complexity index is 88.2. The van der Waals surface area contributed by atoms with Gasteiger partial charge in [-0.05, 0) is 0 Å². The molecule has 0 saturated carbocycles. The number of amides is 2. The maximum atomic E-state index is 9.92. The summed E-state index contributed by atoms with van der Waals surface area (Å²) >= 11 is 0. The summed E-state index contributed by atoms with van der Waals surface area (Å²) < 4.78 is 0. The van der Waals surface area contributed by atoms with Gasteiger partial charge in [-0.15, -0.1) is 0 Å². The lowest BCUT2D eigenvalue weighted by molar-refractivity contribution is 0.236. The molecule has 4 heteroatoms. The van der Waals surface area contributed by atoms with Crippen LogP contribution < -0.4 is 11.2 Å². The Balaban J connectivity index is 2.08. The van der Waals surface area contributed by atoms with Crippen LogP contribution in [0, 0.1) is 0 Å². The minimum Gasteiger partial charge on any atom is -0.351 e. The van der Waals surface area contributed by atoms with E-state index in [-0.39, 0.29) is 0 Å². The minimum absolute atomic E-state index is 0.475. The minimum atomic E-state index is -0.475. The van der Waals surface area contributed by atoms with Crippen molar-refractivity contribution in [3.63, 3.8) is 0 Å². The average molecular weight is 101 g/mol. The highest BCUT2D eigenvalue weighted by atomic mass is 16.2. The van der Waals surface area contributed by atoms with Crippen LogP contribution in [0.3, 0.4) is 0 Å². The number of carbonyl (C=O) groups excluding carboxylic acids is 1. The van der Waals surface area contributed by atoms with E-state index in [1.807, 2.05) is 0 Å². The molecule has 3 N–H and O–H groups in total. The smallest absolute Gasteiger partial charge is 0.326 e. The number of hydrogen-bond donors (Lipinski definition) is 2. The largest absolute Gasteiger partial charge is 0.351 e. The monoisotopic (exact) mass is 101 g/mol. The summed E-state index contributed by atoms with van der Waals surface area (Å²) in [6.07, 6.45) is 0. The highest BCUT2D eigenvalue weighted by Gasteiger charge is 2.17. The van der Waals surface area contributed by atoms with Gasteiger partial charge in [-0.2, -0.15) is 0 Å². The number of urea groups is 1. The van der Waals surface area contributed by atoms with Crippen LogP contribution in [0.15, 0.2) is 0 Å². The number of carbonyl (C=O) groups is 1. The van der Waals surface area contributed by atoms with E-state index in [1.54, 1.807) is 5.01 Å². The van der Waals surface area contributed by atoms with Gasteiger partial charge >= 0.3 is 6.03 Å². The van der Waals surface area contributed by atoms with Crippen molar-refractivity contribution >= 4 is 6.03 Å². The molecule has 0 unspecified atom stereocenters. The van der Waals surface area contributed by atoms with E-state index in [2.05, 4.69) is 5.43 Å². The van der Waals surface area contributed by atoms with Crippen molar-refractivity contribution < 1.29 is 4.79 Å². The van der Waals surface area contributed by atoms with Crippen molar-refractivity contribution in [1.82, 2.24) is 10.4 Å². The Hall–Kier alpha value is -0.770. The lowest BCUT2D eigenvalue weighted by Gasteiger charge is -1.95. The molecule has 0 atom stereocenters. The fraction of sp³-hybridized carbons (Fsp3) is 0.667. The van der Waals surface area contributed by atoms with Crippen LogP contribution in [0.1, 0.15) is 0 Å². The average Bonchev–Trinajstić information content (AvgIpc) is 2.17. The first-order valence-corrected chi connectivity index (χ1v) is 2.10. The van der Waals surface area contributed by atoms with Crippen LogP contribution in [0.4, 0.5) is 4.79 Å². The maximum Gasteiger partial charge on any atom is 0.326 e. The van der Waals surface area contributed by atoms with Gasteiger partial charge in [-0.3, -0.25) is 5.43 Å². The summed E-state index contributed by atoms with van der Waals surface area (Å²) in [5, 5.41) is 1.72. The van der Waals surface area contributed by atoms with Crippen molar-refractivity contribution in [2.75, 3.05) is 13.1 Å². The maximum absolute atomic E-state index is 9.92. The molecule has 1 heterocycles. The van der Waals surface area contributed by atoms with Crippen LogP contribution in [-0.4, -0.2) is 24.1 Å². The Morgan fingerprint density at radius 1 is 1.71 bits per heavy atom. The van der Waals surface area contributed by atoms with Crippen molar-refractivity contribution in [3.8, 4) is 0 Å². The number of hydrazine groups is 1. The molecule has 1 aliphatic rings. The van der Waals surface area contributed by atoms with Crippen molar-refractivity contribution in [3.05, 3.63) is 0 Å². The first-order chi connectivity index (χ1) is 3.29. The van der Waals surface area contributed by atoms with E-state index in [0.717, 1.165) is 13.1 Å². The van der Waals surface area contributed by atoms with Crippen LogP contribution in [0.25, 0.3) is 0 Å². The lowest BCUT2D eigenvalue weighted by atomic mass is 11.0. The van der Waals surface area contributed by atoms with E-state index in [9.17, 15) is 4.79 Å². The number of nitrogens with zero attached hydrogens (tertiary/aromatic N) is 1. The first kappa shape index (κ1) is 4.39. The molecule has 0 aromatic heterocycles. The quantitative estimate of drug-likeness (QED) is 0.411. The van der Waals surface area contributed by atoms with Gasteiger partial charge in [0.15, 0.2) is 0 Å². The van der Waals surface area contributed by atoms with Crippen LogP contribution in [-0.2, 0) is 0 Å². The van der Waals surface area contributed by atoms with E-state index in [4.69, 9.17) is 5.73 Å². The molecule has 0 bridgehead atoms. The molecule has 4 nitrogen and oxygen atoms in total. The molecule has 0 spiro atoms. The van der Waals surface area contributed by atoms with Crippen molar-refractivity contribution in [2.24, 2.45) is 5.73 Å². The molecule has 1 aliphatic heterocycles. The number of primary amides is 1. The second kappa shape index (κ2) is 1.38. The molecule has 0 radical (unpaired) electrons. The van der Waals surface area contributed by atoms with E-state index >= 15 is 0 Å². The molecule has 2 amide bonds. The van der Waals surface area contributed by atoms with Gasteiger partial charge in [0.25, 0.3) is 0 Å². The standard InChI is InChI=1S/C3H7N3O/c4-3(7)5-6-1-2-6/h1-2H2,(H3,4,5,7). The Morgan fingerprint density at radius 2 is 2.29 bits per heavy atom.